The van der Waals surface area contributed by atoms with Crippen molar-refractivity contribution in [3.63, 3.8) is 0 Å². The van der Waals surface area contributed by atoms with Crippen LogP contribution in [0.15, 0.2) is 18.2 Å². The van der Waals surface area contributed by atoms with Crippen LogP contribution in [0.2, 0.25) is 0 Å². The lowest BCUT2D eigenvalue weighted by Crippen LogP contribution is -2.29. The van der Waals surface area contributed by atoms with Gasteiger partial charge in [0.2, 0.25) is 0 Å². The van der Waals surface area contributed by atoms with E-state index in [2.05, 4.69) is 4.90 Å². The number of hydrogen-bond donors (Lipinski definition) is 1. The van der Waals surface area contributed by atoms with Gasteiger partial charge in [-0.05, 0) is 50.7 Å². The van der Waals surface area contributed by atoms with E-state index in [1.54, 1.807) is 12.1 Å². The fraction of sp³-hybridized carbons (Fsp3) is 0.600. The van der Waals surface area contributed by atoms with Gasteiger partial charge < -0.3 is 15.5 Å². The Balaban J connectivity index is 2.28. The maximum Gasteiger partial charge on any atom is 0.416 e. The smallest absolute Gasteiger partial charge is 0.370 e. The van der Waals surface area contributed by atoms with E-state index in [9.17, 15) is 13.2 Å². The summed E-state index contributed by atoms with van der Waals surface area (Å²) in [4.78, 5) is 4.23. The third kappa shape index (κ3) is 4.11. The average molecular weight is 301 g/mol. The molecule has 0 amide bonds. The van der Waals surface area contributed by atoms with Gasteiger partial charge in [0.1, 0.15) is 0 Å². The topological polar surface area (TPSA) is 32.5 Å². The van der Waals surface area contributed by atoms with Crippen LogP contribution in [0.25, 0.3) is 0 Å². The molecule has 3 nitrogen and oxygen atoms in total. The summed E-state index contributed by atoms with van der Waals surface area (Å²) in [5, 5.41) is 0. The molecule has 2 rings (SSSR count). The molecule has 118 valence electrons. The highest BCUT2D eigenvalue weighted by molar-refractivity contribution is 5.52. The molecule has 1 fully saturated rings. The molecule has 0 aliphatic carbocycles. The molecular weight excluding hydrogens is 279 g/mol. The maximum absolute atomic E-state index is 13.2. The van der Waals surface area contributed by atoms with Gasteiger partial charge in [0.25, 0.3) is 0 Å². The van der Waals surface area contributed by atoms with Gasteiger partial charge in [-0.1, -0.05) is 6.07 Å². The van der Waals surface area contributed by atoms with Crippen LogP contribution in [0, 0.1) is 0 Å². The molecular formula is C15H22F3N3. The van der Waals surface area contributed by atoms with E-state index in [0.29, 0.717) is 5.69 Å². The van der Waals surface area contributed by atoms with Gasteiger partial charge in [-0.15, -0.1) is 0 Å². The van der Waals surface area contributed by atoms with E-state index in [4.69, 9.17) is 5.73 Å². The first-order chi connectivity index (χ1) is 9.91. The lowest BCUT2D eigenvalue weighted by atomic mass is 10.0. The normalized spacial score (nSPS) is 17.9. The Morgan fingerprint density at radius 3 is 2.57 bits per heavy atom. The first-order valence-electron chi connectivity index (χ1n) is 7.25. The van der Waals surface area contributed by atoms with Gasteiger partial charge in [0.05, 0.1) is 5.56 Å². The number of anilines is 1. The van der Waals surface area contributed by atoms with Crippen molar-refractivity contribution in [2.75, 3.05) is 44.7 Å². The number of halogens is 3. The highest BCUT2D eigenvalue weighted by Gasteiger charge is 2.33. The molecule has 0 aromatic heterocycles. The summed E-state index contributed by atoms with van der Waals surface area (Å²) in [5.41, 5.74) is 5.78. The van der Waals surface area contributed by atoms with E-state index in [1.807, 2.05) is 11.9 Å². The molecule has 2 N–H and O–H groups in total. The monoisotopic (exact) mass is 301 g/mol. The molecule has 1 saturated heterocycles. The number of nitrogens with zero attached hydrogens (tertiary/aromatic N) is 2. The van der Waals surface area contributed by atoms with Crippen molar-refractivity contribution in [2.24, 2.45) is 5.73 Å². The van der Waals surface area contributed by atoms with Crippen molar-refractivity contribution in [3.05, 3.63) is 29.3 Å². The van der Waals surface area contributed by atoms with E-state index in [1.165, 1.54) is 6.07 Å². The number of likely N-dealkylation sites (N-methyl/N-ethyl adjacent to an activating group) is 1. The van der Waals surface area contributed by atoms with Gasteiger partial charge >= 0.3 is 6.18 Å². The Bertz CT molecular complexity index is 474. The summed E-state index contributed by atoms with van der Waals surface area (Å²) in [6.45, 7) is 3.61. The first kappa shape index (κ1) is 16.1. The Morgan fingerprint density at radius 2 is 1.90 bits per heavy atom. The molecule has 0 spiro atoms. The molecule has 21 heavy (non-hydrogen) atoms. The minimum Gasteiger partial charge on any atom is -0.370 e. The highest BCUT2D eigenvalue weighted by Crippen LogP contribution is 2.35. The van der Waals surface area contributed by atoms with E-state index in [0.717, 1.165) is 32.6 Å². The second-order valence-corrected chi connectivity index (χ2v) is 5.52. The van der Waals surface area contributed by atoms with Gasteiger partial charge in [-0.25, -0.2) is 0 Å². The van der Waals surface area contributed by atoms with Crippen molar-refractivity contribution >= 4 is 5.69 Å². The van der Waals surface area contributed by atoms with Gasteiger partial charge in [-0.2, -0.15) is 13.2 Å². The molecule has 0 radical (unpaired) electrons. The molecule has 0 unspecified atom stereocenters. The minimum absolute atomic E-state index is 0.219. The second-order valence-electron chi connectivity index (χ2n) is 5.52. The number of benzene rings is 1. The molecule has 6 heteroatoms. The number of alkyl halides is 3. The average Bonchev–Trinajstić information content (AvgIpc) is 2.63. The SMILES string of the molecule is CN1CCCN(c2ccc(CCN)c(C(F)(F)F)c2)CC1. The Kier molecular flexibility index (Phi) is 5.11. The molecule has 1 aliphatic rings. The van der Waals surface area contributed by atoms with Crippen LogP contribution in [-0.4, -0.2) is 44.7 Å². The predicted octanol–water partition coefficient (Wildman–Crippen LogP) is 2.35. The Labute approximate surface area is 123 Å². The van der Waals surface area contributed by atoms with E-state index < -0.39 is 11.7 Å². The zero-order valence-corrected chi connectivity index (χ0v) is 12.3. The molecule has 0 bridgehead atoms. The molecule has 1 aromatic carbocycles. The quantitative estimate of drug-likeness (QED) is 0.930. The summed E-state index contributed by atoms with van der Waals surface area (Å²) in [5.74, 6) is 0. The lowest BCUT2D eigenvalue weighted by molar-refractivity contribution is -0.138. The minimum atomic E-state index is -4.33. The lowest BCUT2D eigenvalue weighted by Gasteiger charge is -2.24. The summed E-state index contributed by atoms with van der Waals surface area (Å²) >= 11 is 0. The Hall–Kier alpha value is -1.27. The summed E-state index contributed by atoms with van der Waals surface area (Å²) in [6, 6.07) is 4.63. The largest absolute Gasteiger partial charge is 0.416 e. The number of nitrogens with two attached hydrogens (primary N) is 1. The van der Waals surface area contributed by atoms with Crippen LogP contribution in [0.3, 0.4) is 0 Å². The summed E-state index contributed by atoms with van der Waals surface area (Å²) in [7, 11) is 2.04. The fourth-order valence-corrected chi connectivity index (χ4v) is 2.70. The van der Waals surface area contributed by atoms with Crippen molar-refractivity contribution in [1.29, 1.82) is 0 Å². The van der Waals surface area contributed by atoms with E-state index >= 15 is 0 Å². The van der Waals surface area contributed by atoms with Crippen LogP contribution in [0.4, 0.5) is 18.9 Å². The third-order valence-corrected chi connectivity index (χ3v) is 3.90. The highest BCUT2D eigenvalue weighted by atomic mass is 19.4. The molecule has 1 heterocycles. The Morgan fingerprint density at radius 1 is 1.14 bits per heavy atom. The zero-order valence-electron chi connectivity index (χ0n) is 12.3. The van der Waals surface area contributed by atoms with Gasteiger partial charge in [-0.3, -0.25) is 0 Å². The van der Waals surface area contributed by atoms with Crippen molar-refractivity contribution in [2.45, 2.75) is 19.0 Å². The summed E-state index contributed by atoms with van der Waals surface area (Å²) < 4.78 is 39.6. The zero-order chi connectivity index (χ0) is 15.5. The van der Waals surface area contributed by atoms with Crippen LogP contribution in [-0.2, 0) is 12.6 Å². The molecule has 0 saturated carbocycles. The van der Waals surface area contributed by atoms with Crippen molar-refractivity contribution in [3.8, 4) is 0 Å². The first-order valence-corrected chi connectivity index (χ1v) is 7.25. The molecule has 1 aliphatic heterocycles. The van der Waals surface area contributed by atoms with Crippen LogP contribution < -0.4 is 10.6 Å². The van der Waals surface area contributed by atoms with Crippen LogP contribution >= 0.6 is 0 Å². The van der Waals surface area contributed by atoms with E-state index in [-0.39, 0.29) is 18.5 Å². The van der Waals surface area contributed by atoms with Gasteiger partial charge in [0, 0.05) is 25.3 Å². The van der Waals surface area contributed by atoms with Crippen LogP contribution in [0.5, 0.6) is 0 Å². The second kappa shape index (κ2) is 6.66. The molecule has 1 aromatic rings. The summed E-state index contributed by atoms with van der Waals surface area (Å²) in [6.07, 6.45) is -3.12. The number of hydrogen-bond acceptors (Lipinski definition) is 3. The maximum atomic E-state index is 13.2. The fourth-order valence-electron chi connectivity index (χ4n) is 2.70. The predicted molar refractivity (Wildman–Crippen MR) is 78.5 cm³/mol. The standard InChI is InChI=1S/C15H22F3N3/c1-20-7-2-8-21(10-9-20)13-4-3-12(5-6-19)14(11-13)15(16,17)18/h3-4,11H,2,5-10,19H2,1H3. The molecule has 0 atom stereocenters. The van der Waals surface area contributed by atoms with Crippen LogP contribution in [0.1, 0.15) is 17.5 Å². The number of rotatable bonds is 3. The van der Waals surface area contributed by atoms with Gasteiger partial charge in [0.15, 0.2) is 0 Å². The van der Waals surface area contributed by atoms with Crippen molar-refractivity contribution < 1.29 is 13.2 Å². The third-order valence-electron chi connectivity index (χ3n) is 3.90. The van der Waals surface area contributed by atoms with Crippen molar-refractivity contribution in [1.82, 2.24) is 4.90 Å².